The molecule has 35 heavy (non-hydrogen) atoms. The van der Waals surface area contributed by atoms with Gasteiger partial charge in [-0.05, 0) is 64.5 Å². The number of aromatic nitrogens is 3. The molecule has 180 valence electrons. The minimum Gasteiger partial charge on any atom is -0.507 e. The van der Waals surface area contributed by atoms with Crippen molar-refractivity contribution in [3.8, 4) is 17.0 Å². The third-order valence-electron chi connectivity index (χ3n) is 6.66. The lowest BCUT2D eigenvalue weighted by molar-refractivity contribution is 0.477. The third-order valence-corrected chi connectivity index (χ3v) is 7.22. The maximum absolute atomic E-state index is 10.4. The average molecular weight is 532 g/mol. The summed E-state index contributed by atoms with van der Waals surface area (Å²) in [6.45, 7) is 4.96. The first-order chi connectivity index (χ1) is 17.1. The Bertz CT molecular complexity index is 1340. The van der Waals surface area contributed by atoms with E-state index in [1.165, 1.54) is 38.5 Å². The molecule has 0 atom stereocenters. The van der Waals surface area contributed by atoms with Crippen LogP contribution in [-0.2, 0) is 6.54 Å². The van der Waals surface area contributed by atoms with Gasteiger partial charge in [0.15, 0.2) is 5.65 Å². The van der Waals surface area contributed by atoms with Gasteiger partial charge in [-0.2, -0.15) is 9.61 Å². The van der Waals surface area contributed by atoms with Gasteiger partial charge in [0.25, 0.3) is 0 Å². The summed E-state index contributed by atoms with van der Waals surface area (Å²) in [6, 6.07) is 17.6. The zero-order chi connectivity index (χ0) is 24.2. The molecule has 0 amide bonds. The molecule has 4 aromatic rings. The Hall–Kier alpha value is -3.32. The highest BCUT2D eigenvalue weighted by Gasteiger charge is 2.16. The molecule has 0 unspecified atom stereocenters. The van der Waals surface area contributed by atoms with E-state index < -0.39 is 0 Å². The number of hydrogen-bond donors (Lipinski definition) is 3. The molecule has 2 heterocycles. The monoisotopic (exact) mass is 531 g/mol. The molecular weight excluding hydrogens is 502 g/mol. The molecule has 1 aliphatic carbocycles. The summed E-state index contributed by atoms with van der Waals surface area (Å²) in [4.78, 5) is 4.71. The second-order valence-corrected chi connectivity index (χ2v) is 10.0. The van der Waals surface area contributed by atoms with E-state index in [0.29, 0.717) is 29.4 Å². The molecular formula is C28H30BrN5O. The van der Waals surface area contributed by atoms with Crippen LogP contribution in [-0.4, -0.2) is 19.7 Å². The fourth-order valence-electron chi connectivity index (χ4n) is 4.76. The van der Waals surface area contributed by atoms with Crippen molar-refractivity contribution in [2.45, 2.75) is 45.1 Å². The van der Waals surface area contributed by atoms with E-state index in [9.17, 15) is 5.11 Å². The number of allylic oxidation sites excluding steroid dienone is 1. The summed E-state index contributed by atoms with van der Waals surface area (Å²) in [6.07, 6.45) is 9.45. The highest BCUT2D eigenvalue weighted by atomic mass is 79.9. The Morgan fingerprint density at radius 3 is 2.66 bits per heavy atom. The molecule has 0 radical (unpaired) electrons. The van der Waals surface area contributed by atoms with Crippen molar-refractivity contribution in [1.82, 2.24) is 14.6 Å². The van der Waals surface area contributed by atoms with Crippen molar-refractivity contribution < 1.29 is 5.11 Å². The van der Waals surface area contributed by atoms with Crippen LogP contribution in [0, 0.1) is 5.92 Å². The van der Waals surface area contributed by atoms with E-state index >= 15 is 0 Å². The van der Waals surface area contributed by atoms with Crippen molar-refractivity contribution >= 4 is 33.1 Å². The van der Waals surface area contributed by atoms with Gasteiger partial charge in [0.1, 0.15) is 11.6 Å². The SMILES string of the molecule is C=C(Nc1cccc(CNc2cc(-c3ccccc3O)nc3c(Br)cnn23)c1)C1CCCCCC1. The van der Waals surface area contributed by atoms with Gasteiger partial charge in [0, 0.05) is 29.6 Å². The number of nitrogens with one attached hydrogen (secondary N) is 2. The van der Waals surface area contributed by atoms with E-state index in [1.807, 2.05) is 18.2 Å². The number of phenolic OH excluding ortho intramolecular Hbond substituents is 1. The molecule has 0 saturated heterocycles. The zero-order valence-electron chi connectivity index (χ0n) is 19.7. The number of halogens is 1. The second kappa shape index (κ2) is 10.5. The number of para-hydroxylation sites is 1. The van der Waals surface area contributed by atoms with Crippen LogP contribution < -0.4 is 10.6 Å². The lowest BCUT2D eigenvalue weighted by Crippen LogP contribution is -2.11. The molecule has 5 rings (SSSR count). The smallest absolute Gasteiger partial charge is 0.172 e. The van der Waals surface area contributed by atoms with Crippen LogP contribution in [0.3, 0.4) is 0 Å². The number of hydrogen-bond acceptors (Lipinski definition) is 5. The van der Waals surface area contributed by atoms with Gasteiger partial charge >= 0.3 is 0 Å². The van der Waals surface area contributed by atoms with Crippen LogP contribution in [0.4, 0.5) is 11.5 Å². The van der Waals surface area contributed by atoms with Crippen molar-refractivity contribution in [2.24, 2.45) is 5.92 Å². The molecule has 0 aliphatic heterocycles. The Balaban J connectivity index is 1.35. The quantitative estimate of drug-likeness (QED) is 0.217. The number of anilines is 2. The lowest BCUT2D eigenvalue weighted by atomic mass is 9.97. The number of rotatable bonds is 7. The normalized spacial score (nSPS) is 14.5. The van der Waals surface area contributed by atoms with Gasteiger partial charge in [-0.3, -0.25) is 0 Å². The third kappa shape index (κ3) is 5.35. The van der Waals surface area contributed by atoms with Crippen LogP contribution in [0.5, 0.6) is 5.75 Å². The van der Waals surface area contributed by atoms with Gasteiger partial charge < -0.3 is 15.7 Å². The molecule has 1 aliphatic rings. The van der Waals surface area contributed by atoms with Crippen LogP contribution >= 0.6 is 15.9 Å². The Kier molecular flexibility index (Phi) is 7.04. The standard InChI is InChI=1S/C28H30BrN5O/c1-19(21-10-4-2-3-5-11-21)32-22-12-8-9-20(15-22)17-30-27-16-25(23-13-6-7-14-26(23)35)33-28-24(29)18-31-34(27)28/h6-9,12-16,18,21,30,32,35H,1-5,10-11,17H2. The Morgan fingerprint density at radius 2 is 1.86 bits per heavy atom. The molecule has 1 fully saturated rings. The average Bonchev–Trinajstić information content (AvgIpc) is 3.06. The van der Waals surface area contributed by atoms with E-state index in [0.717, 1.165) is 27.2 Å². The first-order valence-corrected chi connectivity index (χ1v) is 13.0. The van der Waals surface area contributed by atoms with E-state index in [2.05, 4.69) is 62.5 Å². The minimum atomic E-state index is 0.193. The van der Waals surface area contributed by atoms with Gasteiger partial charge in [0.2, 0.25) is 0 Å². The highest BCUT2D eigenvalue weighted by molar-refractivity contribution is 9.10. The van der Waals surface area contributed by atoms with Crippen molar-refractivity contribution in [1.29, 1.82) is 0 Å². The van der Waals surface area contributed by atoms with E-state index in [4.69, 9.17) is 4.98 Å². The van der Waals surface area contributed by atoms with Gasteiger partial charge in [0.05, 0.1) is 16.4 Å². The first kappa shape index (κ1) is 23.4. The van der Waals surface area contributed by atoms with Crippen LogP contribution in [0.25, 0.3) is 16.9 Å². The molecule has 6 nitrogen and oxygen atoms in total. The van der Waals surface area contributed by atoms with Crippen LogP contribution in [0.2, 0.25) is 0 Å². The summed E-state index contributed by atoms with van der Waals surface area (Å²) < 4.78 is 2.56. The summed E-state index contributed by atoms with van der Waals surface area (Å²) in [5.41, 5.74) is 5.37. The summed E-state index contributed by atoms with van der Waals surface area (Å²) in [5.74, 6) is 1.54. The summed E-state index contributed by atoms with van der Waals surface area (Å²) >= 11 is 3.54. The van der Waals surface area contributed by atoms with Gasteiger partial charge in [-0.25, -0.2) is 4.98 Å². The fourth-order valence-corrected chi connectivity index (χ4v) is 5.11. The maximum atomic E-state index is 10.4. The number of nitrogens with zero attached hydrogens (tertiary/aromatic N) is 3. The highest BCUT2D eigenvalue weighted by Crippen LogP contribution is 2.32. The van der Waals surface area contributed by atoms with Crippen molar-refractivity contribution in [3.05, 3.63) is 83.1 Å². The summed E-state index contributed by atoms with van der Waals surface area (Å²) in [5, 5.41) is 21.9. The number of fused-ring (bicyclic) bond motifs is 1. The second-order valence-electron chi connectivity index (χ2n) is 9.16. The largest absolute Gasteiger partial charge is 0.507 e. The van der Waals surface area contributed by atoms with Crippen molar-refractivity contribution in [3.63, 3.8) is 0 Å². The molecule has 2 aromatic heterocycles. The van der Waals surface area contributed by atoms with Crippen molar-refractivity contribution in [2.75, 3.05) is 10.6 Å². The van der Waals surface area contributed by atoms with Gasteiger partial charge in [-0.15, -0.1) is 0 Å². The number of phenols is 1. The van der Waals surface area contributed by atoms with Gasteiger partial charge in [-0.1, -0.05) is 56.5 Å². The Morgan fingerprint density at radius 1 is 1.06 bits per heavy atom. The topological polar surface area (TPSA) is 74.5 Å². The first-order valence-electron chi connectivity index (χ1n) is 12.2. The molecule has 0 bridgehead atoms. The van der Waals surface area contributed by atoms with Crippen LogP contribution in [0.1, 0.15) is 44.1 Å². The predicted molar refractivity (Wildman–Crippen MR) is 146 cm³/mol. The maximum Gasteiger partial charge on any atom is 0.172 e. The Labute approximate surface area is 214 Å². The molecule has 3 N–H and O–H groups in total. The van der Waals surface area contributed by atoms with E-state index in [-0.39, 0.29) is 5.75 Å². The number of benzene rings is 2. The zero-order valence-corrected chi connectivity index (χ0v) is 21.3. The molecule has 7 heteroatoms. The van der Waals surface area contributed by atoms with Crippen LogP contribution in [0.15, 0.2) is 77.5 Å². The minimum absolute atomic E-state index is 0.193. The summed E-state index contributed by atoms with van der Waals surface area (Å²) in [7, 11) is 0. The number of aromatic hydroxyl groups is 1. The predicted octanol–water partition coefficient (Wildman–Crippen LogP) is 7.37. The molecule has 2 aromatic carbocycles. The fraction of sp³-hybridized carbons (Fsp3) is 0.286. The molecule has 0 spiro atoms. The lowest BCUT2D eigenvalue weighted by Gasteiger charge is -2.19. The molecule has 1 saturated carbocycles. The van der Waals surface area contributed by atoms with E-state index in [1.54, 1.807) is 22.8 Å².